The molecule has 3 aromatic carbocycles. The molecule has 1 saturated heterocycles. The number of hydrogen-bond donors (Lipinski definition) is 1. The number of benzene rings is 3. The monoisotopic (exact) mass is 531 g/mol. The summed E-state index contributed by atoms with van der Waals surface area (Å²) in [5.74, 6) is 1.76. The maximum Gasteiger partial charge on any atom is 0.227 e. The molecule has 6 nitrogen and oxygen atoms in total. The van der Waals surface area contributed by atoms with Gasteiger partial charge in [0.15, 0.2) is 5.78 Å². The van der Waals surface area contributed by atoms with Gasteiger partial charge in [-0.05, 0) is 85.5 Å². The highest BCUT2D eigenvalue weighted by molar-refractivity contribution is 5.95. The van der Waals surface area contributed by atoms with E-state index in [1.807, 2.05) is 11.8 Å². The highest BCUT2D eigenvalue weighted by atomic mass is 19.1. The first-order valence-corrected chi connectivity index (χ1v) is 13.7. The number of fused-ring (bicyclic) bond motifs is 1. The third kappa shape index (κ3) is 6.48. The summed E-state index contributed by atoms with van der Waals surface area (Å²) in [5, 5.41) is 11.0. The lowest BCUT2D eigenvalue weighted by Gasteiger charge is -2.47. The number of hydrogen-bond acceptors (Lipinski definition) is 5. The highest BCUT2D eigenvalue weighted by Gasteiger charge is 2.43. The fourth-order valence-corrected chi connectivity index (χ4v) is 5.62. The summed E-state index contributed by atoms with van der Waals surface area (Å²) < 4.78 is 25.5. The van der Waals surface area contributed by atoms with Gasteiger partial charge in [-0.1, -0.05) is 19.8 Å². The molecule has 7 heteroatoms. The van der Waals surface area contributed by atoms with Crippen molar-refractivity contribution in [2.24, 2.45) is 5.92 Å². The number of likely N-dealkylation sites (tertiary alicyclic amines) is 1. The second-order valence-electron chi connectivity index (χ2n) is 10.6. The van der Waals surface area contributed by atoms with Crippen LogP contribution >= 0.6 is 0 Å². The lowest BCUT2D eigenvalue weighted by molar-refractivity contribution is -0.142. The van der Waals surface area contributed by atoms with Crippen molar-refractivity contribution in [3.05, 3.63) is 83.7 Å². The van der Waals surface area contributed by atoms with Gasteiger partial charge >= 0.3 is 0 Å². The van der Waals surface area contributed by atoms with Crippen molar-refractivity contribution in [2.45, 2.75) is 57.5 Å². The summed E-state index contributed by atoms with van der Waals surface area (Å²) in [6, 6.07) is 18.0. The van der Waals surface area contributed by atoms with Crippen molar-refractivity contribution >= 4 is 11.7 Å². The maximum absolute atomic E-state index is 13.4. The molecule has 3 aromatic rings. The Kier molecular flexibility index (Phi) is 7.98. The molecule has 0 unspecified atom stereocenters. The minimum absolute atomic E-state index is 0.00469. The summed E-state index contributed by atoms with van der Waals surface area (Å²) in [5.41, 5.74) is 0.698. The van der Waals surface area contributed by atoms with Gasteiger partial charge in [0.25, 0.3) is 0 Å². The summed E-state index contributed by atoms with van der Waals surface area (Å²) in [7, 11) is 0. The zero-order chi connectivity index (χ0) is 27.4. The minimum atomic E-state index is -0.643. The van der Waals surface area contributed by atoms with E-state index < -0.39 is 5.60 Å². The van der Waals surface area contributed by atoms with Crippen LogP contribution in [0.15, 0.2) is 66.7 Å². The number of carbonyl (C=O) groups excluding carboxylic acids is 2. The number of amides is 1. The number of halogens is 1. The zero-order valence-corrected chi connectivity index (χ0v) is 22.2. The van der Waals surface area contributed by atoms with E-state index in [-0.39, 0.29) is 29.8 Å². The van der Waals surface area contributed by atoms with E-state index in [0.717, 1.165) is 31.2 Å². The lowest BCUT2D eigenvalue weighted by atomic mass is 9.71. The third-order valence-electron chi connectivity index (χ3n) is 7.86. The molecule has 5 rings (SSSR count). The predicted octanol–water partition coefficient (Wildman–Crippen LogP) is 6.70. The molecule has 2 atom stereocenters. The van der Waals surface area contributed by atoms with E-state index in [1.165, 1.54) is 24.3 Å². The normalized spacial score (nSPS) is 20.7. The average molecular weight is 532 g/mol. The van der Waals surface area contributed by atoms with Crippen LogP contribution in [-0.4, -0.2) is 40.4 Å². The number of piperidine rings is 1. The number of ether oxygens (including phenoxy) is 2. The molecule has 1 aliphatic heterocycles. The van der Waals surface area contributed by atoms with Crippen LogP contribution in [-0.2, 0) is 11.2 Å². The fraction of sp³-hybridized carbons (Fsp3) is 0.375. The van der Waals surface area contributed by atoms with E-state index in [0.29, 0.717) is 54.5 Å². The Morgan fingerprint density at radius 1 is 0.923 bits per heavy atom. The molecular weight excluding hydrogens is 497 g/mol. The molecular formula is C32H34FNO5. The molecule has 0 spiro atoms. The largest absolute Gasteiger partial charge is 0.457 e. The quantitative estimate of drug-likeness (QED) is 0.328. The van der Waals surface area contributed by atoms with Gasteiger partial charge in [0.1, 0.15) is 28.8 Å². The second kappa shape index (κ2) is 11.6. The van der Waals surface area contributed by atoms with Crippen LogP contribution in [0.1, 0.15) is 61.4 Å². The van der Waals surface area contributed by atoms with Crippen molar-refractivity contribution in [3.8, 4) is 23.0 Å². The Balaban J connectivity index is 1.35. The van der Waals surface area contributed by atoms with Crippen molar-refractivity contribution in [1.29, 1.82) is 0 Å². The van der Waals surface area contributed by atoms with Crippen LogP contribution in [0.4, 0.5) is 4.39 Å². The molecule has 204 valence electrons. The molecule has 39 heavy (non-hydrogen) atoms. The molecule has 0 aromatic heterocycles. The molecule has 2 aliphatic rings. The molecule has 1 amide bonds. The van der Waals surface area contributed by atoms with Crippen molar-refractivity contribution in [2.75, 3.05) is 13.1 Å². The van der Waals surface area contributed by atoms with E-state index in [4.69, 9.17) is 9.47 Å². The van der Waals surface area contributed by atoms with E-state index in [1.54, 1.807) is 42.5 Å². The Bertz CT molecular complexity index is 1320. The minimum Gasteiger partial charge on any atom is -0.457 e. The SMILES string of the molecule is CCC(=O)c1ccc(Oc2cc(CC(=O)N3CC[C@@]4(O)CCCC[C@H]4C3)cc(Oc3ccc(F)cc3)c2)cc1. The topological polar surface area (TPSA) is 76.1 Å². The zero-order valence-electron chi connectivity index (χ0n) is 22.2. The first kappa shape index (κ1) is 26.9. The number of Topliss-reactive ketones (excluding diaryl/α,β-unsaturated/α-hetero) is 1. The van der Waals surface area contributed by atoms with Gasteiger partial charge in [0.2, 0.25) is 5.91 Å². The molecule has 1 saturated carbocycles. The number of rotatable bonds is 8. The lowest BCUT2D eigenvalue weighted by Crippen LogP contribution is -2.54. The standard InChI is InChI=1S/C32H34FNO5/c1-2-30(35)23-6-10-26(11-7-23)38-28-17-22(18-29(20-28)39-27-12-8-25(33)9-13-27)19-31(36)34-16-15-32(37)14-4-3-5-24(32)21-34/h6-13,17-18,20,24,37H,2-5,14-16,19,21H2,1H3/t24-,32-/m0/s1. The van der Waals surface area contributed by atoms with Gasteiger partial charge in [-0.15, -0.1) is 0 Å². The molecule has 1 aliphatic carbocycles. The number of nitrogens with zero attached hydrogens (tertiary/aromatic N) is 1. The van der Waals surface area contributed by atoms with E-state index in [9.17, 15) is 19.1 Å². The average Bonchev–Trinajstić information content (AvgIpc) is 2.93. The van der Waals surface area contributed by atoms with E-state index >= 15 is 0 Å². The Morgan fingerprint density at radius 2 is 1.56 bits per heavy atom. The first-order valence-electron chi connectivity index (χ1n) is 13.7. The third-order valence-corrected chi connectivity index (χ3v) is 7.86. The Morgan fingerprint density at radius 3 is 2.21 bits per heavy atom. The maximum atomic E-state index is 13.4. The summed E-state index contributed by atoms with van der Waals surface area (Å²) in [6.07, 6.45) is 5.10. The molecule has 0 radical (unpaired) electrons. The van der Waals surface area contributed by atoms with Crippen LogP contribution in [0.5, 0.6) is 23.0 Å². The summed E-state index contributed by atoms with van der Waals surface area (Å²) in [6.45, 7) is 2.94. The first-order chi connectivity index (χ1) is 18.8. The molecule has 0 bridgehead atoms. The molecule has 2 fully saturated rings. The Hall–Kier alpha value is -3.71. The van der Waals surface area contributed by atoms with Gasteiger partial charge in [-0.25, -0.2) is 4.39 Å². The molecule has 1 heterocycles. The highest BCUT2D eigenvalue weighted by Crippen LogP contribution is 2.40. The van der Waals surface area contributed by atoms with Gasteiger partial charge < -0.3 is 19.5 Å². The van der Waals surface area contributed by atoms with Gasteiger partial charge in [-0.2, -0.15) is 0 Å². The van der Waals surface area contributed by atoms with Crippen LogP contribution in [0.25, 0.3) is 0 Å². The van der Waals surface area contributed by atoms with Crippen LogP contribution in [0, 0.1) is 11.7 Å². The van der Waals surface area contributed by atoms with Crippen LogP contribution in [0.2, 0.25) is 0 Å². The van der Waals surface area contributed by atoms with Gasteiger partial charge in [-0.3, -0.25) is 9.59 Å². The number of aliphatic hydroxyl groups is 1. The van der Waals surface area contributed by atoms with Crippen molar-refractivity contribution in [1.82, 2.24) is 4.90 Å². The van der Waals surface area contributed by atoms with Crippen LogP contribution in [0.3, 0.4) is 0 Å². The van der Waals surface area contributed by atoms with Gasteiger partial charge in [0.05, 0.1) is 12.0 Å². The smallest absolute Gasteiger partial charge is 0.227 e. The van der Waals surface area contributed by atoms with Crippen molar-refractivity contribution in [3.63, 3.8) is 0 Å². The predicted molar refractivity (Wildman–Crippen MR) is 146 cm³/mol. The Labute approximate surface area is 228 Å². The number of ketones is 1. The van der Waals surface area contributed by atoms with Crippen LogP contribution < -0.4 is 9.47 Å². The molecule has 1 N–H and O–H groups in total. The summed E-state index contributed by atoms with van der Waals surface area (Å²) >= 11 is 0. The number of carbonyl (C=O) groups is 2. The van der Waals surface area contributed by atoms with Gasteiger partial charge in [0, 0.05) is 37.1 Å². The fourth-order valence-electron chi connectivity index (χ4n) is 5.62. The summed E-state index contributed by atoms with van der Waals surface area (Å²) in [4.78, 5) is 27.2. The van der Waals surface area contributed by atoms with E-state index in [2.05, 4.69) is 0 Å². The second-order valence-corrected chi connectivity index (χ2v) is 10.6. The van der Waals surface area contributed by atoms with Crippen molar-refractivity contribution < 1.29 is 28.6 Å².